The molecule has 3 aromatic heterocycles. The van der Waals surface area contributed by atoms with Crippen LogP contribution < -0.4 is 10.1 Å². The highest BCUT2D eigenvalue weighted by atomic mass is 32.1. The summed E-state index contributed by atoms with van der Waals surface area (Å²) < 4.78 is 7.20. The summed E-state index contributed by atoms with van der Waals surface area (Å²) in [6.45, 7) is 2.95. The fraction of sp³-hybridized carbons (Fsp3) is 0.238. The zero-order valence-corrected chi connectivity index (χ0v) is 17.4. The maximum absolute atomic E-state index is 12.3. The van der Waals surface area contributed by atoms with Crippen molar-refractivity contribution >= 4 is 39.5 Å². The monoisotopic (exact) mass is 411 g/mol. The molecule has 0 saturated carbocycles. The van der Waals surface area contributed by atoms with Gasteiger partial charge in [-0.2, -0.15) is 0 Å². The summed E-state index contributed by atoms with van der Waals surface area (Å²) in [6, 6.07) is 12.1. The number of aryl methyl sites for hydroxylation is 1. The van der Waals surface area contributed by atoms with Crippen LogP contribution in [0.4, 0.5) is 0 Å². The molecule has 144 valence electrons. The molecule has 0 aliphatic carbocycles. The van der Waals surface area contributed by atoms with Crippen molar-refractivity contribution in [3.05, 3.63) is 57.9 Å². The van der Waals surface area contributed by atoms with Crippen molar-refractivity contribution in [2.45, 2.75) is 19.9 Å². The van der Waals surface area contributed by atoms with E-state index >= 15 is 0 Å². The molecular weight excluding hydrogens is 390 g/mol. The van der Waals surface area contributed by atoms with E-state index in [9.17, 15) is 4.79 Å². The molecule has 0 saturated heterocycles. The summed E-state index contributed by atoms with van der Waals surface area (Å²) in [6.07, 6.45) is 2.76. The zero-order valence-electron chi connectivity index (χ0n) is 15.8. The van der Waals surface area contributed by atoms with Gasteiger partial charge in [-0.1, -0.05) is 0 Å². The number of benzene rings is 1. The number of aromatic nitrogens is 2. The fourth-order valence-electron chi connectivity index (χ4n) is 3.11. The number of thiophene rings is 1. The van der Waals surface area contributed by atoms with E-state index in [1.165, 1.54) is 9.75 Å². The highest BCUT2D eigenvalue weighted by molar-refractivity contribution is 7.16. The van der Waals surface area contributed by atoms with Crippen molar-refractivity contribution in [3.63, 3.8) is 0 Å². The van der Waals surface area contributed by atoms with Gasteiger partial charge in [0, 0.05) is 33.9 Å². The molecule has 1 N–H and O–H groups in total. The largest absolute Gasteiger partial charge is 0.497 e. The van der Waals surface area contributed by atoms with Gasteiger partial charge in [0.05, 0.1) is 22.7 Å². The van der Waals surface area contributed by atoms with E-state index in [1.54, 1.807) is 29.8 Å². The first-order valence-corrected chi connectivity index (χ1v) is 10.7. The van der Waals surface area contributed by atoms with Gasteiger partial charge < -0.3 is 14.6 Å². The summed E-state index contributed by atoms with van der Waals surface area (Å²) in [5, 5.41) is 7.25. The molecule has 1 amide bonds. The average molecular weight is 412 g/mol. The normalized spacial score (nSPS) is 11.1. The number of nitrogens with one attached hydrogen (secondary N) is 1. The van der Waals surface area contributed by atoms with Crippen LogP contribution in [-0.4, -0.2) is 29.1 Å². The number of rotatable bonds is 7. The lowest BCUT2D eigenvalue weighted by molar-refractivity contribution is -0.121. The standard InChI is InChI=1S/C21H21N3O2S2/c1-14-23-18(13-27-14)20-6-4-17(28-20)7-9-22-21(25)12-24-10-8-15-11-16(26-2)3-5-19(15)24/h3-6,8,10-11,13H,7,9,12H2,1-2H3,(H,22,25). The number of carbonyl (C=O) groups excluding carboxylic acids is 1. The first-order chi connectivity index (χ1) is 13.6. The van der Waals surface area contributed by atoms with E-state index in [2.05, 4.69) is 27.8 Å². The van der Waals surface area contributed by atoms with Crippen molar-refractivity contribution in [1.82, 2.24) is 14.9 Å². The van der Waals surface area contributed by atoms with Crippen LogP contribution in [0.3, 0.4) is 0 Å². The Balaban J connectivity index is 1.31. The zero-order chi connectivity index (χ0) is 19.5. The number of hydrogen-bond acceptors (Lipinski definition) is 5. The molecule has 0 atom stereocenters. The Morgan fingerprint density at radius 2 is 2.14 bits per heavy atom. The van der Waals surface area contributed by atoms with Crippen molar-refractivity contribution in [2.24, 2.45) is 0 Å². The van der Waals surface area contributed by atoms with Crippen LogP contribution in [0.25, 0.3) is 21.5 Å². The summed E-state index contributed by atoms with van der Waals surface area (Å²) in [7, 11) is 1.65. The van der Waals surface area contributed by atoms with Crippen LogP contribution in [-0.2, 0) is 17.8 Å². The Kier molecular flexibility index (Phi) is 5.45. The van der Waals surface area contributed by atoms with Crippen molar-refractivity contribution < 1.29 is 9.53 Å². The third-order valence-corrected chi connectivity index (χ3v) is 6.46. The van der Waals surface area contributed by atoms with Gasteiger partial charge in [-0.05, 0) is 49.7 Å². The van der Waals surface area contributed by atoms with Gasteiger partial charge in [-0.25, -0.2) is 4.98 Å². The molecule has 0 aliphatic heterocycles. The number of nitrogens with zero attached hydrogens (tertiary/aromatic N) is 2. The molecule has 0 radical (unpaired) electrons. The van der Waals surface area contributed by atoms with Crippen molar-refractivity contribution in [3.8, 4) is 16.3 Å². The molecule has 4 rings (SSSR count). The van der Waals surface area contributed by atoms with Gasteiger partial charge >= 0.3 is 0 Å². The van der Waals surface area contributed by atoms with Gasteiger partial charge in [0.1, 0.15) is 12.3 Å². The molecule has 0 fully saturated rings. The number of carbonyl (C=O) groups is 1. The third-order valence-electron chi connectivity index (χ3n) is 4.52. The van der Waals surface area contributed by atoms with Crippen molar-refractivity contribution in [2.75, 3.05) is 13.7 Å². The lowest BCUT2D eigenvalue weighted by Gasteiger charge is -2.07. The molecule has 0 aliphatic rings. The number of ether oxygens (including phenoxy) is 1. The van der Waals surface area contributed by atoms with Crippen LogP contribution in [0.2, 0.25) is 0 Å². The van der Waals surface area contributed by atoms with E-state index in [1.807, 2.05) is 42.0 Å². The molecule has 0 unspecified atom stereocenters. The second kappa shape index (κ2) is 8.16. The SMILES string of the molecule is COc1ccc2c(ccn2CC(=O)NCCc2ccc(-c3csc(C)n3)s2)c1. The minimum absolute atomic E-state index is 0.0141. The maximum Gasteiger partial charge on any atom is 0.239 e. The first kappa shape index (κ1) is 18.7. The van der Waals surface area contributed by atoms with Crippen LogP contribution >= 0.6 is 22.7 Å². The number of hydrogen-bond donors (Lipinski definition) is 1. The van der Waals surface area contributed by atoms with Crippen LogP contribution in [0.1, 0.15) is 9.88 Å². The number of fused-ring (bicyclic) bond motifs is 1. The van der Waals surface area contributed by atoms with E-state index < -0.39 is 0 Å². The molecule has 7 heteroatoms. The molecule has 1 aromatic carbocycles. The van der Waals surface area contributed by atoms with Gasteiger partial charge in [0.15, 0.2) is 0 Å². The topological polar surface area (TPSA) is 56.1 Å². The Hall–Kier alpha value is -2.64. The molecule has 28 heavy (non-hydrogen) atoms. The first-order valence-electron chi connectivity index (χ1n) is 9.03. The van der Waals surface area contributed by atoms with E-state index in [-0.39, 0.29) is 5.91 Å². The quantitative estimate of drug-likeness (QED) is 0.487. The molecule has 3 heterocycles. The third kappa shape index (κ3) is 4.10. The van der Waals surface area contributed by atoms with E-state index in [4.69, 9.17) is 4.74 Å². The van der Waals surface area contributed by atoms with Gasteiger partial charge in [-0.3, -0.25) is 4.79 Å². The van der Waals surface area contributed by atoms with Crippen LogP contribution in [0.15, 0.2) is 48.0 Å². The Bertz CT molecular complexity index is 1110. The lowest BCUT2D eigenvalue weighted by atomic mass is 10.2. The predicted molar refractivity (Wildman–Crippen MR) is 115 cm³/mol. The second-order valence-electron chi connectivity index (χ2n) is 6.49. The minimum Gasteiger partial charge on any atom is -0.497 e. The molecular formula is C21H21N3O2S2. The van der Waals surface area contributed by atoms with Gasteiger partial charge in [0.25, 0.3) is 0 Å². The maximum atomic E-state index is 12.3. The smallest absolute Gasteiger partial charge is 0.239 e. The number of methoxy groups -OCH3 is 1. The van der Waals surface area contributed by atoms with Gasteiger partial charge in [0.2, 0.25) is 5.91 Å². The Labute approximate surface area is 171 Å². The van der Waals surface area contributed by atoms with Gasteiger partial charge in [-0.15, -0.1) is 22.7 Å². The summed E-state index contributed by atoms with van der Waals surface area (Å²) in [5.74, 6) is 0.832. The molecule has 4 aromatic rings. The minimum atomic E-state index is 0.0141. The number of amides is 1. The fourth-order valence-corrected chi connectivity index (χ4v) is 4.76. The highest BCUT2D eigenvalue weighted by Gasteiger charge is 2.09. The Morgan fingerprint density at radius 1 is 1.25 bits per heavy atom. The summed E-state index contributed by atoms with van der Waals surface area (Å²) in [4.78, 5) is 19.3. The predicted octanol–water partition coefficient (Wildman–Crippen LogP) is 4.50. The molecule has 0 spiro atoms. The van der Waals surface area contributed by atoms with E-state index in [0.29, 0.717) is 13.1 Å². The highest BCUT2D eigenvalue weighted by Crippen LogP contribution is 2.29. The Morgan fingerprint density at radius 3 is 2.93 bits per heavy atom. The molecule has 5 nitrogen and oxygen atoms in total. The lowest BCUT2D eigenvalue weighted by Crippen LogP contribution is -2.29. The summed E-state index contributed by atoms with van der Waals surface area (Å²) in [5.41, 5.74) is 2.07. The van der Waals surface area contributed by atoms with Crippen molar-refractivity contribution in [1.29, 1.82) is 0 Å². The summed E-state index contributed by atoms with van der Waals surface area (Å²) >= 11 is 3.40. The van der Waals surface area contributed by atoms with Crippen LogP contribution in [0.5, 0.6) is 5.75 Å². The van der Waals surface area contributed by atoms with E-state index in [0.717, 1.165) is 33.8 Å². The second-order valence-corrected chi connectivity index (χ2v) is 8.72. The molecule has 0 bridgehead atoms. The number of thiazole rings is 1. The average Bonchev–Trinajstić information content (AvgIpc) is 3.42. The van der Waals surface area contributed by atoms with Crippen LogP contribution in [0, 0.1) is 6.92 Å².